The van der Waals surface area contributed by atoms with Crippen LogP contribution >= 0.6 is 0 Å². The minimum atomic E-state index is -0.439. The molecule has 0 radical (unpaired) electrons. The molecule has 0 unspecified atom stereocenters. The summed E-state index contributed by atoms with van der Waals surface area (Å²) in [5.74, 6) is 0.616. The standard InChI is InChI=1S/C8H16N4O/c1-7(2,8(3,4)10)5-11-6(9)12-13-5/h10H2,1-4H3,(H2,9,12). The molecule has 0 aliphatic rings. The van der Waals surface area contributed by atoms with E-state index in [9.17, 15) is 0 Å². The summed E-state index contributed by atoms with van der Waals surface area (Å²) >= 11 is 0. The number of rotatable bonds is 2. The van der Waals surface area contributed by atoms with Gasteiger partial charge in [-0.3, -0.25) is 0 Å². The maximum atomic E-state index is 5.99. The van der Waals surface area contributed by atoms with E-state index in [0.717, 1.165) is 0 Å². The van der Waals surface area contributed by atoms with E-state index in [-0.39, 0.29) is 5.95 Å². The molecule has 1 aromatic rings. The van der Waals surface area contributed by atoms with Crippen LogP contribution in [0.5, 0.6) is 0 Å². The Morgan fingerprint density at radius 3 is 2.08 bits per heavy atom. The summed E-state index contributed by atoms with van der Waals surface area (Å²) in [6, 6.07) is 0. The number of hydrogen-bond donors (Lipinski definition) is 2. The molecule has 13 heavy (non-hydrogen) atoms. The Morgan fingerprint density at radius 1 is 1.23 bits per heavy atom. The Morgan fingerprint density at radius 2 is 1.77 bits per heavy atom. The third-order valence-electron chi connectivity index (χ3n) is 2.59. The lowest BCUT2D eigenvalue weighted by Gasteiger charge is -2.34. The summed E-state index contributed by atoms with van der Waals surface area (Å²) in [7, 11) is 0. The van der Waals surface area contributed by atoms with Gasteiger partial charge in [0.2, 0.25) is 5.89 Å². The maximum Gasteiger partial charge on any atom is 0.260 e. The second-order valence-electron chi connectivity index (χ2n) is 4.30. The van der Waals surface area contributed by atoms with Gasteiger partial charge in [-0.05, 0) is 32.9 Å². The first-order valence-corrected chi connectivity index (χ1v) is 4.13. The highest BCUT2D eigenvalue weighted by Crippen LogP contribution is 2.31. The fourth-order valence-corrected chi connectivity index (χ4v) is 0.764. The van der Waals surface area contributed by atoms with Crippen LogP contribution < -0.4 is 11.5 Å². The van der Waals surface area contributed by atoms with Gasteiger partial charge < -0.3 is 16.0 Å². The number of nitrogens with two attached hydrogens (primary N) is 2. The van der Waals surface area contributed by atoms with Crippen molar-refractivity contribution in [3.8, 4) is 0 Å². The monoisotopic (exact) mass is 184 g/mol. The van der Waals surface area contributed by atoms with Gasteiger partial charge in [0.1, 0.15) is 0 Å². The Hall–Kier alpha value is -1.10. The average Bonchev–Trinajstić information content (AvgIpc) is 2.33. The van der Waals surface area contributed by atoms with Crippen molar-refractivity contribution in [2.24, 2.45) is 5.73 Å². The molecule has 74 valence electrons. The molecule has 0 saturated heterocycles. The first kappa shape index (κ1) is 9.98. The van der Waals surface area contributed by atoms with E-state index in [1.165, 1.54) is 0 Å². The molecule has 0 fully saturated rings. The highest BCUT2D eigenvalue weighted by Gasteiger charge is 2.40. The number of nitrogens with zero attached hydrogens (tertiary/aromatic N) is 2. The zero-order valence-electron chi connectivity index (χ0n) is 8.46. The minimum absolute atomic E-state index is 0.146. The van der Waals surface area contributed by atoms with Crippen LogP contribution in [0.2, 0.25) is 0 Å². The van der Waals surface area contributed by atoms with Gasteiger partial charge in [-0.2, -0.15) is 4.98 Å². The van der Waals surface area contributed by atoms with Gasteiger partial charge in [-0.25, -0.2) is 0 Å². The van der Waals surface area contributed by atoms with Gasteiger partial charge in [-0.1, -0.05) is 0 Å². The van der Waals surface area contributed by atoms with Crippen LogP contribution in [0.1, 0.15) is 33.6 Å². The van der Waals surface area contributed by atoms with Gasteiger partial charge in [0.25, 0.3) is 5.95 Å². The molecule has 4 N–H and O–H groups in total. The second-order valence-corrected chi connectivity index (χ2v) is 4.30. The number of aromatic nitrogens is 2. The highest BCUT2D eigenvalue weighted by molar-refractivity contribution is 5.17. The van der Waals surface area contributed by atoms with Gasteiger partial charge in [-0.15, -0.1) is 0 Å². The Balaban J connectivity index is 3.07. The molecule has 0 amide bonds. The molecule has 5 heteroatoms. The van der Waals surface area contributed by atoms with Gasteiger partial charge in [0, 0.05) is 5.54 Å². The molecule has 0 spiro atoms. The molecule has 0 saturated carbocycles. The summed E-state index contributed by atoms with van der Waals surface area (Å²) in [6.45, 7) is 7.71. The van der Waals surface area contributed by atoms with Crippen molar-refractivity contribution in [1.29, 1.82) is 0 Å². The summed E-state index contributed by atoms with van der Waals surface area (Å²) in [4.78, 5) is 3.97. The summed E-state index contributed by atoms with van der Waals surface area (Å²) in [5, 5.41) is 3.53. The van der Waals surface area contributed by atoms with Crippen LogP contribution in [0.15, 0.2) is 4.52 Å². The summed E-state index contributed by atoms with van der Waals surface area (Å²) in [6.07, 6.45) is 0. The molecule has 1 heterocycles. The lowest BCUT2D eigenvalue weighted by atomic mass is 9.75. The lowest BCUT2D eigenvalue weighted by molar-refractivity contribution is 0.223. The normalized spacial score (nSPS) is 13.3. The van der Waals surface area contributed by atoms with E-state index in [2.05, 4.69) is 10.1 Å². The zero-order chi connectivity index (χ0) is 10.3. The SMILES string of the molecule is CC(C)(N)C(C)(C)c1nc(N)no1. The first-order valence-electron chi connectivity index (χ1n) is 4.13. The molecule has 1 rings (SSSR count). The fourth-order valence-electron chi connectivity index (χ4n) is 0.764. The molecule has 0 bridgehead atoms. The highest BCUT2D eigenvalue weighted by atomic mass is 16.5. The van der Waals surface area contributed by atoms with Crippen molar-refractivity contribution in [3.05, 3.63) is 5.89 Å². The van der Waals surface area contributed by atoms with Crippen molar-refractivity contribution in [3.63, 3.8) is 0 Å². The fraction of sp³-hybridized carbons (Fsp3) is 0.750. The molecular formula is C8H16N4O. The van der Waals surface area contributed by atoms with E-state index in [4.69, 9.17) is 16.0 Å². The number of nitrogen functional groups attached to an aromatic ring is 1. The zero-order valence-corrected chi connectivity index (χ0v) is 8.46. The molecule has 0 aliphatic heterocycles. The second kappa shape index (κ2) is 2.70. The minimum Gasteiger partial charge on any atom is -0.365 e. The maximum absolute atomic E-state index is 5.99. The molecule has 0 aliphatic carbocycles. The van der Waals surface area contributed by atoms with Gasteiger partial charge in [0.15, 0.2) is 0 Å². The van der Waals surface area contributed by atoms with Crippen LogP contribution in [0.25, 0.3) is 0 Å². The van der Waals surface area contributed by atoms with E-state index in [1.807, 2.05) is 27.7 Å². The van der Waals surface area contributed by atoms with Gasteiger partial charge >= 0.3 is 0 Å². The predicted molar refractivity (Wildman–Crippen MR) is 50.0 cm³/mol. The van der Waals surface area contributed by atoms with E-state index >= 15 is 0 Å². The van der Waals surface area contributed by atoms with Crippen molar-refractivity contribution >= 4 is 5.95 Å². The topological polar surface area (TPSA) is 91.0 Å². The molecule has 0 atom stereocenters. The molecule has 0 aromatic carbocycles. The average molecular weight is 184 g/mol. The number of anilines is 1. The van der Waals surface area contributed by atoms with Crippen LogP contribution in [0.3, 0.4) is 0 Å². The predicted octanol–water partition coefficient (Wildman–Crippen LogP) is 0.667. The molecule has 1 aromatic heterocycles. The van der Waals surface area contributed by atoms with Crippen molar-refractivity contribution in [1.82, 2.24) is 10.1 Å². The summed E-state index contributed by atoms with van der Waals surface area (Å²) < 4.78 is 4.99. The third-order valence-corrected chi connectivity index (χ3v) is 2.59. The van der Waals surface area contributed by atoms with Crippen LogP contribution in [0.4, 0.5) is 5.95 Å². The van der Waals surface area contributed by atoms with Crippen LogP contribution in [-0.2, 0) is 5.41 Å². The molecular weight excluding hydrogens is 168 g/mol. The van der Waals surface area contributed by atoms with Gasteiger partial charge in [0.05, 0.1) is 5.41 Å². The quantitative estimate of drug-likeness (QED) is 0.704. The third kappa shape index (κ3) is 1.65. The first-order chi connectivity index (χ1) is 5.75. The Kier molecular flexibility index (Phi) is 2.07. The van der Waals surface area contributed by atoms with E-state index in [1.54, 1.807) is 0 Å². The van der Waals surface area contributed by atoms with E-state index in [0.29, 0.717) is 5.89 Å². The Bertz CT molecular complexity index is 297. The molecule has 5 nitrogen and oxygen atoms in total. The summed E-state index contributed by atoms with van der Waals surface area (Å²) in [5.41, 5.74) is 10.5. The van der Waals surface area contributed by atoms with Crippen molar-refractivity contribution in [2.45, 2.75) is 38.6 Å². The van der Waals surface area contributed by atoms with Crippen LogP contribution in [-0.4, -0.2) is 15.7 Å². The smallest absolute Gasteiger partial charge is 0.260 e. The van der Waals surface area contributed by atoms with E-state index < -0.39 is 11.0 Å². The van der Waals surface area contributed by atoms with Crippen molar-refractivity contribution < 1.29 is 4.52 Å². The van der Waals surface area contributed by atoms with Crippen molar-refractivity contribution in [2.75, 3.05) is 5.73 Å². The Labute approximate surface area is 77.5 Å². The number of hydrogen-bond acceptors (Lipinski definition) is 5. The largest absolute Gasteiger partial charge is 0.365 e. The van der Waals surface area contributed by atoms with Crippen LogP contribution in [0, 0.1) is 0 Å². The lowest BCUT2D eigenvalue weighted by Crippen LogP contribution is -2.50.